The minimum atomic E-state index is -1.01. The van der Waals surface area contributed by atoms with E-state index >= 15 is 0 Å². The van der Waals surface area contributed by atoms with Gasteiger partial charge in [-0.25, -0.2) is 0 Å². The first-order chi connectivity index (χ1) is 12.1. The summed E-state index contributed by atoms with van der Waals surface area (Å²) >= 11 is 0. The first-order valence-electron chi connectivity index (χ1n) is 8.90. The van der Waals surface area contributed by atoms with Crippen molar-refractivity contribution in [2.24, 2.45) is 5.92 Å². The van der Waals surface area contributed by atoms with Crippen molar-refractivity contribution in [1.82, 2.24) is 0 Å². The highest BCUT2D eigenvalue weighted by molar-refractivity contribution is 5.74. The van der Waals surface area contributed by atoms with Gasteiger partial charge in [-0.15, -0.1) is 0 Å². The molecule has 0 rings (SSSR count). The van der Waals surface area contributed by atoms with E-state index in [1.54, 1.807) is 6.92 Å². The van der Waals surface area contributed by atoms with Crippen LogP contribution in [-0.4, -0.2) is 41.4 Å². The lowest BCUT2D eigenvalue weighted by atomic mass is 9.95. The number of esters is 3. The summed E-state index contributed by atoms with van der Waals surface area (Å²) in [6.07, 6.45) is 2.79. The number of hydrogen-bond acceptors (Lipinski definition) is 7. The molecule has 8 nitrogen and oxygen atoms in total. The first kappa shape index (κ1) is 23.9. The average Bonchev–Trinajstić information content (AvgIpc) is 2.47. The van der Waals surface area contributed by atoms with Crippen LogP contribution in [0.3, 0.4) is 0 Å². The fraction of sp³-hybridized carbons (Fsp3) is 0.778. The maximum absolute atomic E-state index is 12.3. The fourth-order valence-corrected chi connectivity index (χ4v) is 2.57. The monoisotopic (exact) mass is 374 g/mol. The molecule has 0 aliphatic heterocycles. The molecule has 0 amide bonds. The summed E-state index contributed by atoms with van der Waals surface area (Å²) in [6.45, 7) is 5.54. The van der Waals surface area contributed by atoms with Gasteiger partial charge in [-0.05, 0) is 19.8 Å². The van der Waals surface area contributed by atoms with Crippen molar-refractivity contribution in [3.05, 3.63) is 0 Å². The standard InChI is InChI=1S/C18H30O8/c1-12(24-13(2)19)16(18(23)26-15(4)25-14(3)20)10-8-6-5-7-9-11-17(21)22/h12,15-16H,5-11H2,1-4H3,(H,21,22). The minimum Gasteiger partial charge on any atom is -0.481 e. The molecule has 0 aromatic heterocycles. The normalized spacial score (nSPS) is 14.0. The van der Waals surface area contributed by atoms with Gasteiger partial charge in [0.2, 0.25) is 6.29 Å². The van der Waals surface area contributed by atoms with Crippen molar-refractivity contribution in [1.29, 1.82) is 0 Å². The van der Waals surface area contributed by atoms with Crippen molar-refractivity contribution in [2.45, 2.75) is 85.0 Å². The zero-order valence-corrected chi connectivity index (χ0v) is 16.0. The second kappa shape index (κ2) is 13.1. The van der Waals surface area contributed by atoms with E-state index in [1.807, 2.05) is 0 Å². The molecule has 0 saturated carbocycles. The van der Waals surface area contributed by atoms with Gasteiger partial charge in [0.05, 0.1) is 5.92 Å². The molecule has 0 saturated heterocycles. The summed E-state index contributed by atoms with van der Waals surface area (Å²) < 4.78 is 15.0. The molecule has 1 N–H and O–H groups in total. The summed E-state index contributed by atoms with van der Waals surface area (Å²) in [5, 5.41) is 8.59. The molecule has 0 radical (unpaired) electrons. The third-order valence-corrected chi connectivity index (χ3v) is 3.74. The third-order valence-electron chi connectivity index (χ3n) is 3.74. The Morgan fingerprint density at radius 2 is 1.35 bits per heavy atom. The Kier molecular flexibility index (Phi) is 12.1. The Morgan fingerprint density at radius 3 is 1.88 bits per heavy atom. The zero-order chi connectivity index (χ0) is 20.1. The maximum Gasteiger partial charge on any atom is 0.315 e. The first-order valence-corrected chi connectivity index (χ1v) is 8.90. The molecular formula is C18H30O8. The zero-order valence-electron chi connectivity index (χ0n) is 16.0. The van der Waals surface area contributed by atoms with Gasteiger partial charge in [0.1, 0.15) is 6.10 Å². The van der Waals surface area contributed by atoms with Crippen LogP contribution >= 0.6 is 0 Å². The lowest BCUT2D eigenvalue weighted by molar-refractivity contribution is -0.189. The quantitative estimate of drug-likeness (QED) is 0.297. The van der Waals surface area contributed by atoms with Gasteiger partial charge in [-0.1, -0.05) is 25.7 Å². The molecule has 0 spiro atoms. The molecular weight excluding hydrogens is 344 g/mol. The van der Waals surface area contributed by atoms with E-state index in [0.717, 1.165) is 19.3 Å². The van der Waals surface area contributed by atoms with Gasteiger partial charge in [0.15, 0.2) is 0 Å². The van der Waals surface area contributed by atoms with Gasteiger partial charge in [-0.2, -0.15) is 0 Å². The highest BCUT2D eigenvalue weighted by Gasteiger charge is 2.30. The van der Waals surface area contributed by atoms with Gasteiger partial charge in [0, 0.05) is 27.2 Å². The molecule has 0 aromatic carbocycles. The van der Waals surface area contributed by atoms with E-state index < -0.39 is 42.2 Å². The number of rotatable bonds is 13. The molecule has 0 fully saturated rings. The molecule has 0 aromatic rings. The highest BCUT2D eigenvalue weighted by Crippen LogP contribution is 2.20. The Morgan fingerprint density at radius 1 is 0.808 bits per heavy atom. The van der Waals surface area contributed by atoms with Gasteiger partial charge >= 0.3 is 23.9 Å². The van der Waals surface area contributed by atoms with E-state index in [4.69, 9.17) is 19.3 Å². The minimum absolute atomic E-state index is 0.159. The van der Waals surface area contributed by atoms with E-state index in [2.05, 4.69) is 0 Å². The van der Waals surface area contributed by atoms with Gasteiger partial charge in [-0.3, -0.25) is 19.2 Å². The van der Waals surface area contributed by atoms with E-state index in [1.165, 1.54) is 20.8 Å². The smallest absolute Gasteiger partial charge is 0.315 e. The van der Waals surface area contributed by atoms with Crippen LogP contribution in [0.25, 0.3) is 0 Å². The molecule has 0 aliphatic carbocycles. The molecule has 3 atom stereocenters. The number of carbonyl (C=O) groups excluding carboxylic acids is 3. The molecule has 0 bridgehead atoms. The van der Waals surface area contributed by atoms with Crippen LogP contribution < -0.4 is 0 Å². The molecule has 8 heteroatoms. The molecule has 0 heterocycles. The van der Waals surface area contributed by atoms with Crippen molar-refractivity contribution in [3.63, 3.8) is 0 Å². The van der Waals surface area contributed by atoms with E-state index in [0.29, 0.717) is 19.3 Å². The number of hydrogen-bond donors (Lipinski definition) is 1. The summed E-state index contributed by atoms with van der Waals surface area (Å²) in [7, 11) is 0. The fourth-order valence-electron chi connectivity index (χ4n) is 2.57. The lowest BCUT2D eigenvalue weighted by Crippen LogP contribution is -2.34. The summed E-state index contributed by atoms with van der Waals surface area (Å²) in [6, 6.07) is 0. The van der Waals surface area contributed by atoms with Crippen LogP contribution in [0.1, 0.15) is 72.6 Å². The topological polar surface area (TPSA) is 116 Å². The molecule has 3 unspecified atom stereocenters. The Bertz CT molecular complexity index is 474. The highest BCUT2D eigenvalue weighted by atomic mass is 16.7. The Labute approximate surface area is 154 Å². The van der Waals surface area contributed by atoms with Crippen LogP contribution in [0.4, 0.5) is 0 Å². The van der Waals surface area contributed by atoms with Crippen LogP contribution in [0, 0.1) is 5.92 Å². The summed E-state index contributed by atoms with van der Waals surface area (Å²) in [5.74, 6) is -3.09. The van der Waals surface area contributed by atoms with Crippen molar-refractivity contribution in [3.8, 4) is 0 Å². The van der Waals surface area contributed by atoms with Crippen molar-refractivity contribution >= 4 is 23.9 Å². The lowest BCUT2D eigenvalue weighted by Gasteiger charge is -2.24. The average molecular weight is 374 g/mol. The van der Waals surface area contributed by atoms with Gasteiger partial charge < -0.3 is 19.3 Å². The van der Waals surface area contributed by atoms with Crippen LogP contribution in [-0.2, 0) is 33.4 Å². The number of carboxylic acid groups (broad SMARTS) is 1. The number of carbonyl (C=O) groups is 4. The van der Waals surface area contributed by atoms with Crippen molar-refractivity contribution in [2.75, 3.05) is 0 Å². The van der Waals surface area contributed by atoms with E-state index in [-0.39, 0.29) is 6.42 Å². The van der Waals surface area contributed by atoms with Crippen LogP contribution in [0.15, 0.2) is 0 Å². The SMILES string of the molecule is CC(=O)OC(C)OC(=O)C(CCCCCCCC(=O)O)C(C)OC(C)=O. The Balaban J connectivity index is 4.46. The Hall–Kier alpha value is -2.12. The third kappa shape index (κ3) is 12.3. The van der Waals surface area contributed by atoms with E-state index in [9.17, 15) is 19.2 Å². The number of unbranched alkanes of at least 4 members (excludes halogenated alkanes) is 4. The second-order valence-electron chi connectivity index (χ2n) is 6.24. The number of carboxylic acids is 1. The number of aliphatic carboxylic acids is 1. The predicted molar refractivity (Wildman–Crippen MR) is 92.0 cm³/mol. The second-order valence-corrected chi connectivity index (χ2v) is 6.24. The summed E-state index contributed by atoms with van der Waals surface area (Å²) in [5.41, 5.74) is 0. The van der Waals surface area contributed by atoms with Crippen LogP contribution in [0.2, 0.25) is 0 Å². The molecule has 26 heavy (non-hydrogen) atoms. The van der Waals surface area contributed by atoms with Crippen LogP contribution in [0.5, 0.6) is 0 Å². The predicted octanol–water partition coefficient (Wildman–Crippen LogP) is 2.82. The molecule has 0 aliphatic rings. The largest absolute Gasteiger partial charge is 0.481 e. The van der Waals surface area contributed by atoms with Gasteiger partial charge in [0.25, 0.3) is 0 Å². The summed E-state index contributed by atoms with van der Waals surface area (Å²) in [4.78, 5) is 44.8. The van der Waals surface area contributed by atoms with Crippen molar-refractivity contribution < 1.29 is 38.5 Å². The number of ether oxygens (including phenoxy) is 3. The molecule has 150 valence electrons. The maximum atomic E-state index is 12.3.